The summed E-state index contributed by atoms with van der Waals surface area (Å²) in [4.78, 5) is 13.0. The summed E-state index contributed by atoms with van der Waals surface area (Å²) in [7, 11) is -4.07. The van der Waals surface area contributed by atoms with E-state index < -0.39 is 22.0 Å². The highest BCUT2D eigenvalue weighted by molar-refractivity contribution is 7.89. The van der Waals surface area contributed by atoms with E-state index in [1.165, 1.54) is 18.2 Å². The van der Waals surface area contributed by atoms with Crippen LogP contribution in [0.25, 0.3) is 0 Å². The summed E-state index contributed by atoms with van der Waals surface area (Å²) in [5.74, 6) is -0.128. The molecule has 3 aromatic carbocycles. The molecule has 2 N–H and O–H groups in total. The van der Waals surface area contributed by atoms with Crippen LogP contribution in [0.1, 0.15) is 18.1 Å². The van der Waals surface area contributed by atoms with Gasteiger partial charge in [-0.25, -0.2) is 8.42 Å². The summed E-state index contributed by atoms with van der Waals surface area (Å²) in [5.41, 5.74) is 1.44. The highest BCUT2D eigenvalue weighted by Crippen LogP contribution is 2.27. The van der Waals surface area contributed by atoms with Crippen molar-refractivity contribution in [2.75, 3.05) is 6.61 Å². The molecule has 0 saturated carbocycles. The zero-order chi connectivity index (χ0) is 24.7. The number of rotatable bonds is 10. The van der Waals surface area contributed by atoms with E-state index in [2.05, 4.69) is 10.0 Å². The summed E-state index contributed by atoms with van der Waals surface area (Å²) < 4.78 is 34.1. The molecule has 0 heterocycles. The highest BCUT2D eigenvalue weighted by atomic mass is 35.5. The molecule has 0 spiro atoms. The topological polar surface area (TPSA) is 84.5 Å². The summed E-state index contributed by atoms with van der Waals surface area (Å²) in [6.45, 7) is 2.30. The normalized spacial score (nSPS) is 12.2. The lowest BCUT2D eigenvalue weighted by Gasteiger charge is -2.19. The van der Waals surface area contributed by atoms with Crippen LogP contribution in [-0.4, -0.2) is 27.0 Å². The van der Waals surface area contributed by atoms with Crippen molar-refractivity contribution in [2.24, 2.45) is 0 Å². The van der Waals surface area contributed by atoms with E-state index in [-0.39, 0.29) is 22.9 Å². The monoisotopic (exact) mass is 540 g/mol. The van der Waals surface area contributed by atoms with Gasteiger partial charge in [0.1, 0.15) is 11.8 Å². The van der Waals surface area contributed by atoms with E-state index in [9.17, 15) is 13.2 Å². The second-order valence-electron chi connectivity index (χ2n) is 7.34. The van der Waals surface area contributed by atoms with Crippen LogP contribution in [0.5, 0.6) is 5.75 Å². The molecular formula is C24H23Cl3N2O4S. The van der Waals surface area contributed by atoms with Gasteiger partial charge in [0.2, 0.25) is 15.9 Å². The van der Waals surface area contributed by atoms with E-state index in [0.29, 0.717) is 28.0 Å². The van der Waals surface area contributed by atoms with Gasteiger partial charge in [0, 0.05) is 16.6 Å². The van der Waals surface area contributed by atoms with Crippen LogP contribution in [0.4, 0.5) is 0 Å². The molecule has 34 heavy (non-hydrogen) atoms. The number of nitrogens with one attached hydrogen (secondary N) is 2. The molecule has 0 saturated heterocycles. The van der Waals surface area contributed by atoms with E-state index >= 15 is 0 Å². The Morgan fingerprint density at radius 2 is 1.71 bits per heavy atom. The number of hydrogen-bond donors (Lipinski definition) is 2. The van der Waals surface area contributed by atoms with Gasteiger partial charge < -0.3 is 10.1 Å². The standard InChI is InChI=1S/C24H23Cl3N2O4S/c1-2-33-23-11-10-19(14-21(23)27)34(31,32)29-22(12-16-6-4-3-5-7-16)24(30)28-15-17-8-9-18(25)13-20(17)26/h3-11,13-14,22,29H,2,12,15H2,1H3,(H,28,30)/t22-/m1/s1. The molecule has 0 radical (unpaired) electrons. The van der Waals surface area contributed by atoms with E-state index in [1.54, 1.807) is 25.1 Å². The van der Waals surface area contributed by atoms with Gasteiger partial charge in [-0.15, -0.1) is 0 Å². The van der Waals surface area contributed by atoms with E-state index in [4.69, 9.17) is 39.5 Å². The predicted octanol–water partition coefficient (Wildman–Crippen LogP) is 5.25. The highest BCUT2D eigenvalue weighted by Gasteiger charge is 2.27. The van der Waals surface area contributed by atoms with Crippen molar-refractivity contribution in [3.05, 3.63) is 92.9 Å². The van der Waals surface area contributed by atoms with Crippen LogP contribution < -0.4 is 14.8 Å². The van der Waals surface area contributed by atoms with Gasteiger partial charge in [0.25, 0.3) is 0 Å². The zero-order valence-corrected chi connectivity index (χ0v) is 21.3. The maximum absolute atomic E-state index is 13.1. The molecule has 0 aliphatic carbocycles. The molecular weight excluding hydrogens is 519 g/mol. The first kappa shape index (κ1) is 26.3. The number of benzene rings is 3. The Labute approximate surface area is 214 Å². The van der Waals surface area contributed by atoms with Gasteiger partial charge in [0.15, 0.2) is 0 Å². The number of carbonyl (C=O) groups excluding carboxylic acids is 1. The first-order chi connectivity index (χ1) is 16.2. The summed E-state index contributed by atoms with van der Waals surface area (Å²) >= 11 is 18.3. The first-order valence-corrected chi connectivity index (χ1v) is 13.0. The van der Waals surface area contributed by atoms with Crippen molar-refractivity contribution in [1.29, 1.82) is 0 Å². The van der Waals surface area contributed by atoms with Crippen molar-refractivity contribution in [3.8, 4) is 5.75 Å². The van der Waals surface area contributed by atoms with Crippen molar-refractivity contribution >= 4 is 50.7 Å². The molecule has 10 heteroatoms. The second-order valence-corrected chi connectivity index (χ2v) is 10.3. The molecule has 1 atom stereocenters. The Hall–Kier alpha value is -2.29. The fraction of sp³-hybridized carbons (Fsp3) is 0.208. The molecule has 6 nitrogen and oxygen atoms in total. The van der Waals surface area contributed by atoms with Crippen molar-refractivity contribution in [3.63, 3.8) is 0 Å². The molecule has 0 fully saturated rings. The van der Waals surface area contributed by atoms with Gasteiger partial charge >= 0.3 is 0 Å². The average Bonchev–Trinajstić information content (AvgIpc) is 2.80. The van der Waals surface area contributed by atoms with Gasteiger partial charge in [-0.2, -0.15) is 4.72 Å². The molecule has 3 rings (SSSR count). The second kappa shape index (κ2) is 11.9. The van der Waals surface area contributed by atoms with Gasteiger partial charge in [-0.05, 0) is 54.8 Å². The number of halogens is 3. The Kier molecular flexibility index (Phi) is 9.22. The summed E-state index contributed by atoms with van der Waals surface area (Å²) in [5, 5.41) is 3.79. The van der Waals surface area contributed by atoms with Crippen molar-refractivity contribution in [1.82, 2.24) is 10.0 Å². The van der Waals surface area contributed by atoms with Gasteiger partial charge in [-0.1, -0.05) is 71.2 Å². The number of sulfonamides is 1. The lowest BCUT2D eigenvalue weighted by molar-refractivity contribution is -0.122. The largest absolute Gasteiger partial charge is 0.492 e. The SMILES string of the molecule is CCOc1ccc(S(=O)(=O)N[C@H](Cc2ccccc2)C(=O)NCc2ccc(Cl)cc2Cl)cc1Cl. The minimum Gasteiger partial charge on any atom is -0.492 e. The minimum absolute atomic E-state index is 0.0763. The van der Waals surface area contributed by atoms with Crippen LogP contribution in [0.2, 0.25) is 15.1 Å². The quantitative estimate of drug-likeness (QED) is 0.367. The predicted molar refractivity (Wildman–Crippen MR) is 135 cm³/mol. The average molecular weight is 542 g/mol. The van der Waals surface area contributed by atoms with E-state index in [0.717, 1.165) is 5.56 Å². The fourth-order valence-corrected chi connectivity index (χ4v) is 5.18. The third-order valence-corrected chi connectivity index (χ3v) is 7.23. The van der Waals surface area contributed by atoms with Crippen LogP contribution in [0, 0.1) is 0 Å². The number of carbonyl (C=O) groups is 1. The smallest absolute Gasteiger partial charge is 0.241 e. The molecule has 3 aromatic rings. The molecule has 0 aromatic heterocycles. The third-order valence-electron chi connectivity index (χ3n) is 4.88. The van der Waals surface area contributed by atoms with Gasteiger partial charge in [0.05, 0.1) is 16.5 Å². The van der Waals surface area contributed by atoms with E-state index in [1.807, 2.05) is 30.3 Å². The van der Waals surface area contributed by atoms with Crippen LogP contribution in [0.3, 0.4) is 0 Å². The lowest BCUT2D eigenvalue weighted by Crippen LogP contribution is -2.47. The zero-order valence-electron chi connectivity index (χ0n) is 18.2. The third kappa shape index (κ3) is 7.10. The molecule has 180 valence electrons. The van der Waals surface area contributed by atoms with Crippen molar-refractivity contribution in [2.45, 2.75) is 30.8 Å². The van der Waals surface area contributed by atoms with Crippen molar-refractivity contribution < 1.29 is 17.9 Å². The maximum Gasteiger partial charge on any atom is 0.241 e. The fourth-order valence-electron chi connectivity index (χ4n) is 3.18. The number of ether oxygens (including phenoxy) is 1. The van der Waals surface area contributed by atoms with Crippen LogP contribution >= 0.6 is 34.8 Å². The molecule has 0 aliphatic heterocycles. The number of amides is 1. The van der Waals surface area contributed by atoms with Gasteiger partial charge in [-0.3, -0.25) is 4.79 Å². The minimum atomic E-state index is -4.07. The first-order valence-electron chi connectivity index (χ1n) is 10.4. The molecule has 0 aliphatic rings. The molecule has 0 bridgehead atoms. The molecule has 1 amide bonds. The Morgan fingerprint density at radius 1 is 0.971 bits per heavy atom. The Bertz CT molecular complexity index is 1250. The number of hydrogen-bond acceptors (Lipinski definition) is 4. The molecule has 0 unspecified atom stereocenters. The van der Waals surface area contributed by atoms with Crippen LogP contribution in [0.15, 0.2) is 71.6 Å². The maximum atomic E-state index is 13.1. The lowest BCUT2D eigenvalue weighted by atomic mass is 10.1. The Balaban J connectivity index is 1.82. The van der Waals surface area contributed by atoms with Crippen LogP contribution in [-0.2, 0) is 27.8 Å². The summed E-state index contributed by atoms with van der Waals surface area (Å²) in [6, 6.07) is 17.1. The Morgan fingerprint density at radius 3 is 2.35 bits per heavy atom. The summed E-state index contributed by atoms with van der Waals surface area (Å²) in [6.07, 6.45) is 0.144.